The number of carbonyl (C=O) groups excluding carboxylic acids is 1. The fourth-order valence-electron chi connectivity index (χ4n) is 2.97. The van der Waals surface area contributed by atoms with E-state index in [1.165, 1.54) is 0 Å². The molecule has 1 aromatic heterocycles. The molecule has 0 saturated heterocycles. The Morgan fingerprint density at radius 1 is 0.963 bits per heavy atom. The Morgan fingerprint density at radius 2 is 1.74 bits per heavy atom. The Kier molecular flexibility index (Phi) is 4.52. The van der Waals surface area contributed by atoms with Gasteiger partial charge >= 0.3 is 0 Å². The van der Waals surface area contributed by atoms with Gasteiger partial charge in [-0.1, -0.05) is 65.7 Å². The molecule has 0 radical (unpaired) electrons. The molecular weight excluding hydrogens is 383 g/mol. The average Bonchev–Trinajstić information content (AvgIpc) is 2.67. The zero-order valence-corrected chi connectivity index (χ0v) is 15.4. The molecule has 0 atom stereocenters. The molecule has 3 aromatic carbocycles. The fourth-order valence-corrected chi connectivity index (χ4v) is 3.29. The highest BCUT2D eigenvalue weighted by atomic mass is 35.5. The maximum absolute atomic E-state index is 12.4. The molecule has 4 rings (SSSR count). The number of fused-ring (bicyclic) bond motifs is 2. The number of hydrogen-bond acceptors (Lipinski definition) is 3. The van der Waals surface area contributed by atoms with Crippen LogP contribution in [-0.4, -0.2) is 16.3 Å². The molecule has 1 heterocycles. The third kappa shape index (κ3) is 3.25. The van der Waals surface area contributed by atoms with E-state index in [1.807, 2.05) is 30.3 Å². The van der Waals surface area contributed by atoms with Gasteiger partial charge in [0.15, 0.2) is 6.29 Å². The van der Waals surface area contributed by atoms with Gasteiger partial charge in [-0.05, 0) is 34.5 Å². The number of hydrogen-bond donors (Lipinski definition) is 1. The van der Waals surface area contributed by atoms with Gasteiger partial charge in [0.1, 0.15) is 5.69 Å². The smallest absolute Gasteiger partial charge is 0.274 e. The molecule has 27 heavy (non-hydrogen) atoms. The van der Waals surface area contributed by atoms with Crippen LogP contribution in [0.1, 0.15) is 21.6 Å². The van der Waals surface area contributed by atoms with Crippen molar-refractivity contribution in [2.24, 2.45) is 0 Å². The lowest BCUT2D eigenvalue weighted by Gasteiger charge is -2.06. The standard InChI is InChI=1S/C21H12Cl2N2O2/c22-16-9-19-20(10-17(16)23)25-21(27)18(24-19)8-7-15-13(11-26)6-5-12-3-1-2-4-14(12)15/h1-11H,(H,25,27). The van der Waals surface area contributed by atoms with Gasteiger partial charge in [-0.2, -0.15) is 0 Å². The summed E-state index contributed by atoms with van der Waals surface area (Å²) < 4.78 is 0. The molecule has 0 aliphatic heterocycles. The molecular formula is C21H12Cl2N2O2. The highest BCUT2D eigenvalue weighted by Gasteiger charge is 2.08. The Labute approximate surface area is 164 Å². The molecule has 1 N–H and O–H groups in total. The zero-order chi connectivity index (χ0) is 19.0. The second-order valence-electron chi connectivity index (χ2n) is 5.98. The van der Waals surface area contributed by atoms with E-state index < -0.39 is 0 Å². The van der Waals surface area contributed by atoms with Crippen molar-refractivity contribution in [3.05, 3.63) is 85.8 Å². The summed E-state index contributed by atoms with van der Waals surface area (Å²) >= 11 is 12.0. The summed E-state index contributed by atoms with van der Waals surface area (Å²) in [5.41, 5.74) is 2.16. The summed E-state index contributed by atoms with van der Waals surface area (Å²) in [4.78, 5) is 30.9. The molecule has 0 aliphatic rings. The number of H-pyrrole nitrogens is 1. The highest BCUT2D eigenvalue weighted by Crippen LogP contribution is 2.26. The number of nitrogens with zero attached hydrogens (tertiary/aromatic N) is 1. The molecule has 4 aromatic rings. The van der Waals surface area contributed by atoms with Crippen molar-refractivity contribution in [2.45, 2.75) is 0 Å². The molecule has 132 valence electrons. The first-order valence-corrected chi connectivity index (χ1v) is 8.86. The topological polar surface area (TPSA) is 62.8 Å². The van der Waals surface area contributed by atoms with E-state index >= 15 is 0 Å². The lowest BCUT2D eigenvalue weighted by molar-refractivity contribution is 0.112. The van der Waals surface area contributed by atoms with Crippen LogP contribution in [0.3, 0.4) is 0 Å². The van der Waals surface area contributed by atoms with Gasteiger partial charge in [0.25, 0.3) is 5.56 Å². The van der Waals surface area contributed by atoms with E-state index in [1.54, 1.807) is 30.4 Å². The Morgan fingerprint density at radius 3 is 2.56 bits per heavy atom. The number of aromatic amines is 1. The molecule has 0 unspecified atom stereocenters. The summed E-state index contributed by atoms with van der Waals surface area (Å²) in [6.45, 7) is 0. The zero-order valence-electron chi connectivity index (χ0n) is 13.9. The first-order valence-electron chi connectivity index (χ1n) is 8.11. The number of aromatic nitrogens is 2. The first kappa shape index (κ1) is 17.5. The number of halogens is 2. The van der Waals surface area contributed by atoms with Crippen LogP contribution >= 0.6 is 23.2 Å². The van der Waals surface area contributed by atoms with Gasteiger partial charge in [-0.25, -0.2) is 4.98 Å². The largest absolute Gasteiger partial charge is 0.319 e. The maximum atomic E-state index is 12.4. The van der Waals surface area contributed by atoms with Crippen molar-refractivity contribution in [1.29, 1.82) is 0 Å². The van der Waals surface area contributed by atoms with Crippen LogP contribution in [0, 0.1) is 0 Å². The summed E-state index contributed by atoms with van der Waals surface area (Å²) in [6, 6.07) is 14.5. The minimum Gasteiger partial charge on any atom is -0.319 e. The first-order chi connectivity index (χ1) is 13.1. The van der Waals surface area contributed by atoms with Crippen molar-refractivity contribution in [1.82, 2.24) is 9.97 Å². The lowest BCUT2D eigenvalue weighted by Crippen LogP contribution is -2.11. The number of rotatable bonds is 3. The van der Waals surface area contributed by atoms with E-state index in [2.05, 4.69) is 9.97 Å². The lowest BCUT2D eigenvalue weighted by atomic mass is 9.99. The maximum Gasteiger partial charge on any atom is 0.274 e. The molecule has 0 spiro atoms. The Hall–Kier alpha value is -2.95. The number of benzene rings is 3. The van der Waals surface area contributed by atoms with Gasteiger partial charge in [0.05, 0.1) is 21.1 Å². The van der Waals surface area contributed by atoms with Crippen molar-refractivity contribution in [2.75, 3.05) is 0 Å². The molecule has 0 bridgehead atoms. The second-order valence-corrected chi connectivity index (χ2v) is 6.79. The molecule has 0 aliphatic carbocycles. The van der Waals surface area contributed by atoms with Gasteiger partial charge < -0.3 is 4.98 Å². The Bertz CT molecular complexity index is 1290. The predicted octanol–water partition coefficient (Wildman–Crippen LogP) is 5.37. The Balaban J connectivity index is 1.87. The highest BCUT2D eigenvalue weighted by molar-refractivity contribution is 6.42. The normalized spacial score (nSPS) is 11.5. The van der Waals surface area contributed by atoms with Crippen LogP contribution in [0.25, 0.3) is 34.0 Å². The van der Waals surface area contributed by atoms with E-state index in [-0.39, 0.29) is 11.3 Å². The van der Waals surface area contributed by atoms with Crippen molar-refractivity contribution >= 4 is 63.4 Å². The van der Waals surface area contributed by atoms with Crippen molar-refractivity contribution < 1.29 is 4.79 Å². The third-order valence-corrected chi connectivity index (χ3v) is 5.02. The van der Waals surface area contributed by atoms with Gasteiger partial charge in [0.2, 0.25) is 0 Å². The summed E-state index contributed by atoms with van der Waals surface area (Å²) in [7, 11) is 0. The van der Waals surface area contributed by atoms with Crippen LogP contribution in [0.2, 0.25) is 10.0 Å². The molecule has 4 nitrogen and oxygen atoms in total. The number of nitrogens with one attached hydrogen (secondary N) is 1. The van der Waals surface area contributed by atoms with E-state index in [4.69, 9.17) is 23.2 Å². The van der Waals surface area contributed by atoms with Crippen LogP contribution in [0.15, 0.2) is 53.3 Å². The SMILES string of the molecule is O=Cc1ccc2ccccc2c1C=Cc1nc2cc(Cl)c(Cl)cc2[nH]c1=O. The quantitative estimate of drug-likeness (QED) is 0.475. The average molecular weight is 395 g/mol. The fraction of sp³-hybridized carbons (Fsp3) is 0. The van der Waals surface area contributed by atoms with Crippen molar-refractivity contribution in [3.63, 3.8) is 0 Å². The van der Waals surface area contributed by atoms with Crippen LogP contribution in [0.4, 0.5) is 0 Å². The monoisotopic (exact) mass is 394 g/mol. The second kappa shape index (κ2) is 6.99. The van der Waals surface area contributed by atoms with Gasteiger partial charge in [0, 0.05) is 5.56 Å². The molecule has 0 fully saturated rings. The van der Waals surface area contributed by atoms with Gasteiger partial charge in [-0.3, -0.25) is 9.59 Å². The minimum atomic E-state index is -0.356. The third-order valence-electron chi connectivity index (χ3n) is 4.30. The summed E-state index contributed by atoms with van der Waals surface area (Å²) in [5.74, 6) is 0. The van der Waals surface area contributed by atoms with E-state index in [0.717, 1.165) is 22.6 Å². The van der Waals surface area contributed by atoms with E-state index in [0.29, 0.717) is 26.6 Å². The van der Waals surface area contributed by atoms with Crippen molar-refractivity contribution in [3.8, 4) is 0 Å². The summed E-state index contributed by atoms with van der Waals surface area (Å²) in [6.07, 6.45) is 4.12. The van der Waals surface area contributed by atoms with Gasteiger partial charge in [-0.15, -0.1) is 0 Å². The number of carbonyl (C=O) groups is 1. The minimum absolute atomic E-state index is 0.214. The number of aldehydes is 1. The van der Waals surface area contributed by atoms with E-state index in [9.17, 15) is 9.59 Å². The van der Waals surface area contributed by atoms with Crippen LogP contribution in [-0.2, 0) is 0 Å². The van der Waals surface area contributed by atoms with Crippen LogP contribution < -0.4 is 5.56 Å². The summed E-state index contributed by atoms with van der Waals surface area (Å²) in [5, 5.41) is 2.63. The molecule has 0 saturated carbocycles. The molecule has 0 amide bonds. The predicted molar refractivity (Wildman–Crippen MR) is 111 cm³/mol. The van der Waals surface area contributed by atoms with Crippen LogP contribution in [0.5, 0.6) is 0 Å². The molecule has 6 heteroatoms.